The first-order valence-corrected chi connectivity index (χ1v) is 8.61. The predicted octanol–water partition coefficient (Wildman–Crippen LogP) is 1.82. The Balaban J connectivity index is 1.55. The summed E-state index contributed by atoms with van der Waals surface area (Å²) in [6.45, 7) is 0. The van der Waals surface area contributed by atoms with Gasteiger partial charge in [0.2, 0.25) is 5.95 Å². The summed E-state index contributed by atoms with van der Waals surface area (Å²) in [5.74, 6) is 0.0756. The van der Waals surface area contributed by atoms with Crippen molar-refractivity contribution in [1.82, 2.24) is 20.3 Å². The number of aromatic amines is 2. The molecule has 24 heavy (non-hydrogen) atoms. The van der Waals surface area contributed by atoms with Crippen LogP contribution in [0.2, 0.25) is 0 Å². The molecule has 0 unspecified atom stereocenters. The van der Waals surface area contributed by atoms with E-state index in [0.29, 0.717) is 11.0 Å². The SMILES string of the molecule is CNC(=O)c1cc(CCCCc2cc3c(=O)[nH]c(N)nc3[nH]2)cs1. The number of carbonyl (C=O) groups excluding carboxylic acids is 1. The van der Waals surface area contributed by atoms with Gasteiger partial charge in [0.1, 0.15) is 5.65 Å². The molecule has 8 heteroatoms. The van der Waals surface area contributed by atoms with Crippen LogP contribution < -0.4 is 16.6 Å². The molecular formula is C16H19N5O2S. The van der Waals surface area contributed by atoms with Gasteiger partial charge in [0.15, 0.2) is 0 Å². The lowest BCUT2D eigenvalue weighted by Crippen LogP contribution is -2.16. The normalized spacial score (nSPS) is 11.0. The van der Waals surface area contributed by atoms with Crippen LogP contribution in [0.15, 0.2) is 22.3 Å². The van der Waals surface area contributed by atoms with Crippen LogP contribution in [-0.2, 0) is 12.8 Å². The summed E-state index contributed by atoms with van der Waals surface area (Å²) >= 11 is 1.47. The molecule has 0 saturated heterocycles. The summed E-state index contributed by atoms with van der Waals surface area (Å²) in [6, 6.07) is 3.77. The van der Waals surface area contributed by atoms with Gasteiger partial charge in [-0.2, -0.15) is 4.98 Å². The molecule has 0 aromatic carbocycles. The standard InChI is InChI=1S/C16H19N5O2S/c1-18-15(23)12-6-9(8-24-12)4-2-3-5-10-7-11-13(19-10)20-16(17)21-14(11)22/h6-8H,2-5H2,1H3,(H,18,23)(H4,17,19,20,21,22). The summed E-state index contributed by atoms with van der Waals surface area (Å²) in [7, 11) is 1.63. The molecule has 5 N–H and O–H groups in total. The number of fused-ring (bicyclic) bond motifs is 1. The second kappa shape index (κ2) is 6.88. The van der Waals surface area contributed by atoms with Crippen molar-refractivity contribution < 1.29 is 4.79 Å². The van der Waals surface area contributed by atoms with Crippen molar-refractivity contribution in [3.8, 4) is 0 Å². The molecule has 0 aliphatic rings. The van der Waals surface area contributed by atoms with Crippen molar-refractivity contribution >= 4 is 34.2 Å². The number of nitrogens with two attached hydrogens (primary N) is 1. The maximum absolute atomic E-state index is 11.8. The molecule has 7 nitrogen and oxygen atoms in total. The smallest absolute Gasteiger partial charge is 0.261 e. The lowest BCUT2D eigenvalue weighted by molar-refractivity contribution is 0.0967. The van der Waals surface area contributed by atoms with Gasteiger partial charge in [-0.25, -0.2) is 0 Å². The third kappa shape index (κ3) is 3.48. The van der Waals surface area contributed by atoms with Crippen LogP contribution in [0.3, 0.4) is 0 Å². The van der Waals surface area contributed by atoms with E-state index in [0.717, 1.165) is 36.3 Å². The number of carbonyl (C=O) groups is 1. The Kier molecular flexibility index (Phi) is 4.66. The van der Waals surface area contributed by atoms with E-state index in [1.165, 1.54) is 16.9 Å². The number of unbranched alkanes of at least 4 members (excludes halogenated alkanes) is 1. The van der Waals surface area contributed by atoms with E-state index in [-0.39, 0.29) is 17.4 Å². The molecule has 0 fully saturated rings. The van der Waals surface area contributed by atoms with Crippen molar-refractivity contribution in [3.05, 3.63) is 44.0 Å². The van der Waals surface area contributed by atoms with Gasteiger partial charge in [0, 0.05) is 12.7 Å². The summed E-state index contributed by atoms with van der Waals surface area (Å²) in [5.41, 5.74) is 8.00. The number of nitrogen functional groups attached to an aromatic ring is 1. The number of rotatable bonds is 6. The van der Waals surface area contributed by atoms with E-state index in [1.807, 2.05) is 17.5 Å². The molecule has 0 aliphatic carbocycles. The van der Waals surface area contributed by atoms with Gasteiger partial charge < -0.3 is 16.0 Å². The van der Waals surface area contributed by atoms with Gasteiger partial charge in [-0.05, 0) is 48.8 Å². The Bertz CT molecular complexity index is 924. The Morgan fingerprint density at radius 2 is 2.08 bits per heavy atom. The zero-order chi connectivity index (χ0) is 17.1. The molecule has 0 saturated carbocycles. The quantitative estimate of drug-likeness (QED) is 0.510. The molecular weight excluding hydrogens is 326 g/mol. The van der Waals surface area contributed by atoms with Crippen LogP contribution in [0.4, 0.5) is 5.95 Å². The summed E-state index contributed by atoms with van der Waals surface area (Å²) in [5, 5.41) is 5.19. The Labute approximate surface area is 142 Å². The van der Waals surface area contributed by atoms with Gasteiger partial charge >= 0.3 is 0 Å². The highest BCUT2D eigenvalue weighted by molar-refractivity contribution is 7.12. The van der Waals surface area contributed by atoms with Crippen molar-refractivity contribution in [2.75, 3.05) is 12.8 Å². The minimum Gasteiger partial charge on any atom is -0.369 e. The summed E-state index contributed by atoms with van der Waals surface area (Å²) in [4.78, 5) is 33.8. The van der Waals surface area contributed by atoms with Crippen LogP contribution in [0.5, 0.6) is 0 Å². The summed E-state index contributed by atoms with van der Waals surface area (Å²) < 4.78 is 0. The Morgan fingerprint density at radius 1 is 1.29 bits per heavy atom. The highest BCUT2D eigenvalue weighted by Gasteiger charge is 2.08. The van der Waals surface area contributed by atoms with Crippen molar-refractivity contribution in [2.24, 2.45) is 0 Å². The zero-order valence-electron chi connectivity index (χ0n) is 13.3. The van der Waals surface area contributed by atoms with E-state index in [4.69, 9.17) is 5.73 Å². The minimum atomic E-state index is -0.222. The molecule has 3 aromatic rings. The van der Waals surface area contributed by atoms with Gasteiger partial charge in [-0.15, -0.1) is 11.3 Å². The number of nitrogens with zero attached hydrogens (tertiary/aromatic N) is 1. The number of thiophene rings is 1. The maximum atomic E-state index is 11.8. The third-order valence-electron chi connectivity index (χ3n) is 3.84. The van der Waals surface area contributed by atoms with Crippen molar-refractivity contribution in [1.29, 1.82) is 0 Å². The van der Waals surface area contributed by atoms with Crippen LogP contribution in [0, 0.1) is 0 Å². The number of hydrogen-bond donors (Lipinski definition) is 4. The van der Waals surface area contributed by atoms with E-state index >= 15 is 0 Å². The fourth-order valence-electron chi connectivity index (χ4n) is 2.62. The maximum Gasteiger partial charge on any atom is 0.261 e. The van der Waals surface area contributed by atoms with Crippen LogP contribution >= 0.6 is 11.3 Å². The Morgan fingerprint density at radius 3 is 2.88 bits per heavy atom. The third-order valence-corrected chi connectivity index (χ3v) is 4.82. The molecule has 0 atom stereocenters. The number of aromatic nitrogens is 3. The van der Waals surface area contributed by atoms with Gasteiger partial charge in [0.05, 0.1) is 10.3 Å². The topological polar surface area (TPSA) is 117 Å². The van der Waals surface area contributed by atoms with E-state index in [2.05, 4.69) is 20.3 Å². The summed E-state index contributed by atoms with van der Waals surface area (Å²) in [6.07, 6.45) is 3.75. The van der Waals surface area contributed by atoms with E-state index in [1.54, 1.807) is 7.05 Å². The first kappa shape index (κ1) is 16.3. The number of anilines is 1. The fourth-order valence-corrected chi connectivity index (χ4v) is 3.51. The number of hydrogen-bond acceptors (Lipinski definition) is 5. The predicted molar refractivity (Wildman–Crippen MR) is 95.5 cm³/mol. The second-order valence-corrected chi connectivity index (χ2v) is 6.52. The first-order chi connectivity index (χ1) is 11.6. The molecule has 3 heterocycles. The highest BCUT2D eigenvalue weighted by Crippen LogP contribution is 2.18. The minimum absolute atomic E-state index is 0.0404. The van der Waals surface area contributed by atoms with Crippen LogP contribution in [0.1, 0.15) is 33.8 Å². The van der Waals surface area contributed by atoms with Crippen molar-refractivity contribution in [3.63, 3.8) is 0 Å². The highest BCUT2D eigenvalue weighted by atomic mass is 32.1. The molecule has 0 radical (unpaired) electrons. The zero-order valence-corrected chi connectivity index (χ0v) is 14.1. The molecule has 126 valence electrons. The second-order valence-electron chi connectivity index (χ2n) is 5.61. The first-order valence-electron chi connectivity index (χ1n) is 7.73. The van der Waals surface area contributed by atoms with Gasteiger partial charge in [0.25, 0.3) is 11.5 Å². The molecule has 3 aromatic heterocycles. The van der Waals surface area contributed by atoms with Crippen LogP contribution in [-0.4, -0.2) is 27.9 Å². The fraction of sp³-hybridized carbons (Fsp3) is 0.312. The lowest BCUT2D eigenvalue weighted by Gasteiger charge is -1.98. The largest absolute Gasteiger partial charge is 0.369 e. The van der Waals surface area contributed by atoms with E-state index < -0.39 is 0 Å². The average molecular weight is 345 g/mol. The molecule has 3 rings (SSSR count). The number of H-pyrrole nitrogens is 2. The Hall–Kier alpha value is -2.61. The lowest BCUT2D eigenvalue weighted by atomic mass is 10.1. The van der Waals surface area contributed by atoms with Crippen LogP contribution in [0.25, 0.3) is 11.0 Å². The van der Waals surface area contributed by atoms with E-state index in [9.17, 15) is 9.59 Å². The van der Waals surface area contributed by atoms with Gasteiger partial charge in [-0.3, -0.25) is 14.6 Å². The molecule has 0 aliphatic heterocycles. The van der Waals surface area contributed by atoms with Gasteiger partial charge in [-0.1, -0.05) is 0 Å². The molecule has 0 bridgehead atoms. The number of aryl methyl sites for hydroxylation is 2. The number of nitrogens with one attached hydrogen (secondary N) is 3. The average Bonchev–Trinajstić information content (AvgIpc) is 3.17. The number of amides is 1. The molecule has 0 spiro atoms. The molecule has 1 amide bonds. The van der Waals surface area contributed by atoms with Crippen molar-refractivity contribution in [2.45, 2.75) is 25.7 Å². The monoisotopic (exact) mass is 345 g/mol.